The molecule has 0 bridgehead atoms. The van der Waals surface area contributed by atoms with E-state index in [1.807, 2.05) is 18.2 Å². The minimum Gasteiger partial charge on any atom is -0.510 e. The van der Waals surface area contributed by atoms with Gasteiger partial charge in [0.05, 0.1) is 11.6 Å². The van der Waals surface area contributed by atoms with Gasteiger partial charge in [-0.05, 0) is 80.2 Å². The summed E-state index contributed by atoms with van der Waals surface area (Å²) in [7, 11) is 3.16. The molecule has 1 amide bonds. The number of nitrogens with two attached hydrogens (primary N) is 1. The number of Topliss-reactive ketones (excluding diaryl/α,β-unsaturated/α-hetero) is 2. The zero-order valence-electron chi connectivity index (χ0n) is 22.7. The van der Waals surface area contributed by atoms with Gasteiger partial charge in [0.1, 0.15) is 22.8 Å². The van der Waals surface area contributed by atoms with E-state index >= 15 is 0 Å². The molecule has 5 rings (SSSR count). The second-order valence-electron chi connectivity index (χ2n) is 11.0. The van der Waals surface area contributed by atoms with Crippen LogP contribution in [-0.4, -0.2) is 74.3 Å². The van der Waals surface area contributed by atoms with Crippen molar-refractivity contribution in [3.8, 4) is 16.9 Å². The number of aromatic hydroxyl groups is 1. The van der Waals surface area contributed by atoms with Gasteiger partial charge >= 0.3 is 0 Å². The third kappa shape index (κ3) is 4.18. The molecule has 0 spiro atoms. The number of hydrogen-bond donors (Lipinski definition) is 5. The Hall–Kier alpha value is -4.54. The number of allylic oxidation sites excluding steroid dienone is 2. The molecule has 6 N–H and O–H groups in total. The summed E-state index contributed by atoms with van der Waals surface area (Å²) in [5.74, 6) is -7.03. The van der Waals surface area contributed by atoms with Crippen LogP contribution in [0.15, 0.2) is 65.1 Å². The molecular weight excluding hydrogens is 528 g/mol. The van der Waals surface area contributed by atoms with E-state index in [1.165, 1.54) is 24.0 Å². The summed E-state index contributed by atoms with van der Waals surface area (Å²) in [6, 6.07) is 9.29. The Balaban J connectivity index is 1.68. The lowest BCUT2D eigenvalue weighted by atomic mass is 9.58. The van der Waals surface area contributed by atoms with E-state index in [4.69, 9.17) is 5.73 Å². The lowest BCUT2D eigenvalue weighted by Gasteiger charge is -2.50. The number of primary amides is 1. The van der Waals surface area contributed by atoms with Crippen LogP contribution in [0.1, 0.15) is 34.8 Å². The fourth-order valence-electron chi connectivity index (χ4n) is 6.54. The minimum absolute atomic E-state index is 0.00223. The summed E-state index contributed by atoms with van der Waals surface area (Å²) in [5, 5.41) is 44.8. The maximum absolute atomic E-state index is 13.9. The highest BCUT2D eigenvalue weighted by molar-refractivity contribution is 6.25. The first kappa shape index (κ1) is 28.0. The SMILES string of the molecule is CC(=O)/C=C/c1cccc(-c2ccc(O)c3c2CC2CC4C(N(C)C)C(O)=C(C(N)=O)C(=O)C4(O)C(O)=C2C3=O)c1. The topological polar surface area (TPSA) is 178 Å². The third-order valence-corrected chi connectivity index (χ3v) is 8.31. The van der Waals surface area contributed by atoms with Crippen LogP contribution in [0.3, 0.4) is 0 Å². The lowest BCUT2D eigenvalue weighted by molar-refractivity contribution is -0.148. The minimum atomic E-state index is -2.69. The number of rotatable bonds is 5. The molecule has 0 aromatic heterocycles. The van der Waals surface area contributed by atoms with Crippen molar-refractivity contribution in [2.75, 3.05) is 14.1 Å². The van der Waals surface area contributed by atoms with Crippen molar-refractivity contribution < 1.29 is 39.6 Å². The fraction of sp³-hybridized carbons (Fsp3) is 0.290. The van der Waals surface area contributed by atoms with Crippen molar-refractivity contribution in [1.29, 1.82) is 0 Å². The highest BCUT2D eigenvalue weighted by atomic mass is 16.3. The van der Waals surface area contributed by atoms with Gasteiger partial charge in [0, 0.05) is 11.5 Å². The van der Waals surface area contributed by atoms with Gasteiger partial charge in [-0.3, -0.25) is 24.1 Å². The quantitative estimate of drug-likeness (QED) is 0.272. The van der Waals surface area contributed by atoms with Crippen LogP contribution < -0.4 is 5.73 Å². The summed E-state index contributed by atoms with van der Waals surface area (Å²) in [4.78, 5) is 52.4. The zero-order valence-corrected chi connectivity index (χ0v) is 22.7. The van der Waals surface area contributed by atoms with E-state index in [1.54, 1.807) is 32.3 Å². The third-order valence-electron chi connectivity index (χ3n) is 8.31. The summed E-state index contributed by atoms with van der Waals surface area (Å²) >= 11 is 0. The highest BCUT2D eigenvalue weighted by Gasteiger charge is 2.63. The van der Waals surface area contributed by atoms with E-state index in [0.717, 1.165) is 11.1 Å². The number of ketones is 3. The number of likely N-dealkylation sites (N-methyl/N-ethyl adjacent to an activating group) is 1. The molecule has 4 atom stereocenters. The number of aliphatic hydroxyl groups is 3. The van der Waals surface area contributed by atoms with E-state index in [-0.39, 0.29) is 35.5 Å². The molecule has 3 aliphatic carbocycles. The molecule has 0 radical (unpaired) electrons. The molecule has 212 valence electrons. The van der Waals surface area contributed by atoms with Crippen LogP contribution >= 0.6 is 0 Å². The number of amides is 1. The van der Waals surface area contributed by atoms with Gasteiger partial charge in [0.25, 0.3) is 5.91 Å². The number of aliphatic hydroxyl groups excluding tert-OH is 2. The van der Waals surface area contributed by atoms with Crippen molar-refractivity contribution in [2.24, 2.45) is 17.6 Å². The average molecular weight is 559 g/mol. The van der Waals surface area contributed by atoms with Crippen LogP contribution in [0.4, 0.5) is 0 Å². The number of fused-ring (bicyclic) bond motifs is 3. The second kappa shape index (κ2) is 9.83. The van der Waals surface area contributed by atoms with Gasteiger partial charge < -0.3 is 26.2 Å². The number of carbonyl (C=O) groups is 4. The van der Waals surface area contributed by atoms with Gasteiger partial charge in [0.2, 0.25) is 5.78 Å². The number of phenolic OH excluding ortho intramolecular Hbond substituents is 1. The Morgan fingerprint density at radius 2 is 1.80 bits per heavy atom. The first-order valence-electron chi connectivity index (χ1n) is 13.1. The molecule has 0 heterocycles. The van der Waals surface area contributed by atoms with Gasteiger partial charge in [0.15, 0.2) is 17.2 Å². The smallest absolute Gasteiger partial charge is 0.255 e. The Morgan fingerprint density at radius 3 is 2.44 bits per heavy atom. The van der Waals surface area contributed by atoms with Crippen molar-refractivity contribution in [2.45, 2.75) is 31.4 Å². The van der Waals surface area contributed by atoms with Gasteiger partial charge in [-0.15, -0.1) is 0 Å². The molecular formula is C31H30N2O8. The Kier molecular flexibility index (Phi) is 6.71. The van der Waals surface area contributed by atoms with Crippen LogP contribution in [-0.2, 0) is 20.8 Å². The molecule has 0 fully saturated rings. The number of nitrogens with zero attached hydrogens (tertiary/aromatic N) is 1. The maximum atomic E-state index is 13.9. The molecule has 41 heavy (non-hydrogen) atoms. The standard InChI is InChI=1S/C31H30N2O8/c1-14(34)7-8-15-5-4-6-16(11-15)18-9-10-21(35)23-19(18)12-17-13-20-25(33(2)3)27(37)24(30(32)40)29(39)31(20,41)28(38)22(17)26(23)36/h4-11,17,20,25,35,37-38,41H,12-13H2,1-3H3,(H2,32,40)/b8-7+. The number of phenols is 1. The molecule has 0 saturated carbocycles. The fourth-order valence-corrected chi connectivity index (χ4v) is 6.54. The van der Waals surface area contributed by atoms with Crippen molar-refractivity contribution >= 4 is 29.3 Å². The molecule has 0 saturated heterocycles. The largest absolute Gasteiger partial charge is 0.510 e. The highest BCUT2D eigenvalue weighted by Crippen LogP contribution is 2.53. The first-order valence-corrected chi connectivity index (χ1v) is 13.1. The van der Waals surface area contributed by atoms with Crippen LogP contribution in [0.25, 0.3) is 17.2 Å². The summed E-state index contributed by atoms with van der Waals surface area (Å²) in [6.07, 6.45) is 3.29. The molecule has 4 unspecified atom stereocenters. The molecule has 3 aliphatic rings. The van der Waals surface area contributed by atoms with Crippen LogP contribution in [0, 0.1) is 11.8 Å². The Bertz CT molecular complexity index is 1630. The Morgan fingerprint density at radius 1 is 1.10 bits per heavy atom. The zero-order chi connectivity index (χ0) is 30.0. The van der Waals surface area contributed by atoms with Crippen molar-refractivity contribution in [1.82, 2.24) is 4.90 Å². The number of carbonyl (C=O) groups excluding carboxylic acids is 4. The van der Waals surface area contributed by atoms with Crippen LogP contribution in [0.5, 0.6) is 5.75 Å². The van der Waals surface area contributed by atoms with E-state index < -0.39 is 58.0 Å². The van der Waals surface area contributed by atoms with Crippen LogP contribution in [0.2, 0.25) is 0 Å². The van der Waals surface area contributed by atoms with Crippen molar-refractivity contribution in [3.05, 3.63) is 81.8 Å². The van der Waals surface area contributed by atoms with Gasteiger partial charge in [-0.2, -0.15) is 0 Å². The molecule has 2 aromatic rings. The first-order chi connectivity index (χ1) is 19.3. The summed E-state index contributed by atoms with van der Waals surface area (Å²) in [5.41, 5.74) is 4.23. The molecule has 0 aliphatic heterocycles. The van der Waals surface area contributed by atoms with Gasteiger partial charge in [-0.25, -0.2) is 0 Å². The Labute approximate surface area is 235 Å². The predicted octanol–water partition coefficient (Wildman–Crippen LogP) is 2.39. The summed E-state index contributed by atoms with van der Waals surface area (Å²) in [6.45, 7) is 1.44. The van der Waals surface area contributed by atoms with Crippen molar-refractivity contribution in [3.63, 3.8) is 0 Å². The molecule has 10 heteroatoms. The van der Waals surface area contributed by atoms with Gasteiger partial charge in [-0.1, -0.05) is 30.3 Å². The van der Waals surface area contributed by atoms with E-state index in [0.29, 0.717) is 11.1 Å². The predicted molar refractivity (Wildman–Crippen MR) is 149 cm³/mol. The summed E-state index contributed by atoms with van der Waals surface area (Å²) < 4.78 is 0. The normalized spacial score (nSPS) is 25.8. The molecule has 10 nitrogen and oxygen atoms in total. The number of hydrogen-bond acceptors (Lipinski definition) is 9. The average Bonchev–Trinajstić information content (AvgIpc) is 2.89. The van der Waals surface area contributed by atoms with E-state index in [9.17, 15) is 39.6 Å². The second-order valence-corrected chi connectivity index (χ2v) is 11.0. The number of benzene rings is 2. The molecule has 2 aromatic carbocycles. The lowest BCUT2D eigenvalue weighted by Crippen LogP contribution is -2.63. The maximum Gasteiger partial charge on any atom is 0.255 e. The van der Waals surface area contributed by atoms with E-state index in [2.05, 4.69) is 0 Å². The monoisotopic (exact) mass is 558 g/mol.